The highest BCUT2D eigenvalue weighted by atomic mass is 15.3. The van der Waals surface area contributed by atoms with Crippen molar-refractivity contribution in [3.8, 4) is 0 Å². The van der Waals surface area contributed by atoms with E-state index in [1.54, 1.807) is 0 Å². The number of nitrogens with zero attached hydrogens (tertiary/aromatic N) is 4. The first kappa shape index (κ1) is 17.9. The van der Waals surface area contributed by atoms with Gasteiger partial charge in [-0.1, -0.05) is 6.92 Å². The van der Waals surface area contributed by atoms with E-state index in [9.17, 15) is 0 Å². The van der Waals surface area contributed by atoms with Crippen LogP contribution < -0.4 is 0 Å². The van der Waals surface area contributed by atoms with Crippen LogP contribution in [-0.4, -0.2) is 77.0 Å². The Hall–Kier alpha value is -0.910. The zero-order chi connectivity index (χ0) is 17.1. The second-order valence-electron chi connectivity index (χ2n) is 7.80. The first-order chi connectivity index (χ1) is 11.6. The van der Waals surface area contributed by atoms with Gasteiger partial charge in [0.25, 0.3) is 0 Å². The number of hydrogen-bond acceptors (Lipinski definition) is 4. The molecule has 1 N–H and O–H groups in total. The molecule has 5 nitrogen and oxygen atoms in total. The minimum Gasteiger partial charge on any atom is -0.346 e. The Bertz CT molecular complexity index is 510. The number of aryl methyl sites for hydroxylation is 2. The smallest absolute Gasteiger partial charge is 0.106 e. The van der Waals surface area contributed by atoms with Gasteiger partial charge >= 0.3 is 0 Å². The van der Waals surface area contributed by atoms with Crippen LogP contribution in [0.5, 0.6) is 0 Å². The van der Waals surface area contributed by atoms with E-state index in [1.807, 2.05) is 0 Å². The summed E-state index contributed by atoms with van der Waals surface area (Å²) >= 11 is 0. The average molecular weight is 334 g/mol. The second-order valence-corrected chi connectivity index (χ2v) is 7.80. The van der Waals surface area contributed by atoms with Crippen molar-refractivity contribution in [1.29, 1.82) is 0 Å². The molecule has 24 heavy (non-hydrogen) atoms. The number of hydrogen-bond donors (Lipinski definition) is 1. The summed E-state index contributed by atoms with van der Waals surface area (Å²) in [5.74, 6) is 1.98. The normalized spacial score (nSPS) is 23.7. The van der Waals surface area contributed by atoms with E-state index in [1.165, 1.54) is 63.5 Å². The minimum atomic E-state index is 0.736. The van der Waals surface area contributed by atoms with Gasteiger partial charge in [0.1, 0.15) is 5.82 Å². The fraction of sp³-hybridized carbons (Fsp3) is 0.842. The maximum absolute atomic E-state index is 4.75. The number of piperidine rings is 1. The fourth-order valence-corrected chi connectivity index (χ4v) is 4.22. The van der Waals surface area contributed by atoms with Crippen LogP contribution in [0.2, 0.25) is 0 Å². The highest BCUT2D eigenvalue weighted by molar-refractivity contribution is 5.13. The zero-order valence-electron chi connectivity index (χ0n) is 16.0. The van der Waals surface area contributed by atoms with E-state index in [2.05, 4.69) is 47.5 Å². The predicted molar refractivity (Wildman–Crippen MR) is 99.2 cm³/mol. The van der Waals surface area contributed by atoms with Crippen molar-refractivity contribution >= 4 is 0 Å². The van der Waals surface area contributed by atoms with Crippen LogP contribution in [0.3, 0.4) is 0 Å². The Morgan fingerprint density at radius 1 is 1.12 bits per heavy atom. The minimum absolute atomic E-state index is 0.736. The molecule has 0 amide bonds. The zero-order valence-corrected chi connectivity index (χ0v) is 16.0. The van der Waals surface area contributed by atoms with Gasteiger partial charge in [-0.3, -0.25) is 9.80 Å². The molecular weight excluding hydrogens is 298 g/mol. The Balaban J connectivity index is 1.47. The summed E-state index contributed by atoms with van der Waals surface area (Å²) in [6, 6.07) is 0.736. The average Bonchev–Trinajstić information content (AvgIpc) is 2.95. The number of imidazole rings is 1. The molecule has 5 heteroatoms. The lowest BCUT2D eigenvalue weighted by atomic mass is 9.89. The molecule has 3 heterocycles. The van der Waals surface area contributed by atoms with Crippen LogP contribution in [0, 0.1) is 12.8 Å². The molecule has 0 radical (unpaired) electrons. The van der Waals surface area contributed by atoms with Gasteiger partial charge < -0.3 is 9.88 Å². The van der Waals surface area contributed by atoms with Gasteiger partial charge in [-0.25, -0.2) is 4.98 Å². The number of likely N-dealkylation sites (N-methyl/N-ethyl adjacent to an activating group) is 1. The van der Waals surface area contributed by atoms with Crippen molar-refractivity contribution in [1.82, 2.24) is 24.7 Å². The summed E-state index contributed by atoms with van der Waals surface area (Å²) in [6.07, 6.45) is 3.65. The number of H-pyrrole nitrogens is 1. The fourth-order valence-electron chi connectivity index (χ4n) is 4.22. The summed E-state index contributed by atoms with van der Waals surface area (Å²) in [5, 5.41) is 0. The number of rotatable bonds is 5. The summed E-state index contributed by atoms with van der Waals surface area (Å²) in [7, 11) is 2.24. The second kappa shape index (κ2) is 7.98. The summed E-state index contributed by atoms with van der Waals surface area (Å²) in [6.45, 7) is 15.1. The van der Waals surface area contributed by atoms with Crippen molar-refractivity contribution in [3.05, 3.63) is 17.2 Å². The topological polar surface area (TPSA) is 38.4 Å². The number of likely N-dealkylation sites (tertiary alicyclic amines) is 1. The molecule has 1 aromatic rings. The van der Waals surface area contributed by atoms with E-state index in [0.717, 1.165) is 30.7 Å². The molecule has 0 spiro atoms. The SMILES string of the molecule is CCc1nc(CN2CCC(C(C)N3CCN(C)CC3)CC2)c(C)[nH]1. The Morgan fingerprint density at radius 3 is 2.38 bits per heavy atom. The molecule has 1 aromatic heterocycles. The third-order valence-corrected chi connectivity index (χ3v) is 6.17. The van der Waals surface area contributed by atoms with Gasteiger partial charge in [0, 0.05) is 50.9 Å². The predicted octanol–water partition coefficient (Wildman–Crippen LogP) is 2.13. The third kappa shape index (κ3) is 4.19. The number of nitrogens with one attached hydrogen (secondary N) is 1. The highest BCUT2D eigenvalue weighted by Crippen LogP contribution is 2.25. The van der Waals surface area contributed by atoms with E-state index < -0.39 is 0 Å². The first-order valence-corrected chi connectivity index (χ1v) is 9.76. The van der Waals surface area contributed by atoms with Crippen LogP contribution in [0.25, 0.3) is 0 Å². The van der Waals surface area contributed by atoms with Crippen molar-refractivity contribution < 1.29 is 0 Å². The molecule has 0 aromatic carbocycles. The molecule has 2 saturated heterocycles. The van der Waals surface area contributed by atoms with Gasteiger partial charge in [0.15, 0.2) is 0 Å². The van der Waals surface area contributed by atoms with Crippen molar-refractivity contribution in [3.63, 3.8) is 0 Å². The number of piperazine rings is 1. The number of aromatic nitrogens is 2. The molecule has 0 aliphatic carbocycles. The lowest BCUT2D eigenvalue weighted by Gasteiger charge is -2.42. The maximum atomic E-state index is 4.75. The summed E-state index contributed by atoms with van der Waals surface area (Å²) in [5.41, 5.74) is 2.50. The molecule has 3 rings (SSSR count). The lowest BCUT2D eigenvalue weighted by Crippen LogP contribution is -2.51. The molecule has 0 bridgehead atoms. The van der Waals surface area contributed by atoms with Gasteiger partial charge in [-0.15, -0.1) is 0 Å². The van der Waals surface area contributed by atoms with Crippen LogP contribution in [0.1, 0.15) is 43.9 Å². The molecule has 2 fully saturated rings. The lowest BCUT2D eigenvalue weighted by molar-refractivity contribution is 0.0596. The molecule has 2 aliphatic heterocycles. The van der Waals surface area contributed by atoms with E-state index in [0.29, 0.717) is 0 Å². The Labute approximate surface area is 147 Å². The first-order valence-electron chi connectivity index (χ1n) is 9.76. The summed E-state index contributed by atoms with van der Waals surface area (Å²) in [4.78, 5) is 15.9. The highest BCUT2D eigenvalue weighted by Gasteiger charge is 2.29. The molecule has 1 unspecified atom stereocenters. The van der Waals surface area contributed by atoms with Crippen LogP contribution in [-0.2, 0) is 13.0 Å². The van der Waals surface area contributed by atoms with Gasteiger partial charge in [0.2, 0.25) is 0 Å². The Morgan fingerprint density at radius 2 is 1.79 bits per heavy atom. The molecule has 0 saturated carbocycles. The van der Waals surface area contributed by atoms with Crippen molar-refractivity contribution in [2.45, 2.75) is 52.6 Å². The van der Waals surface area contributed by atoms with Crippen LogP contribution in [0.15, 0.2) is 0 Å². The number of aromatic amines is 1. The van der Waals surface area contributed by atoms with Gasteiger partial charge in [-0.2, -0.15) is 0 Å². The van der Waals surface area contributed by atoms with Crippen molar-refractivity contribution in [2.24, 2.45) is 5.92 Å². The van der Waals surface area contributed by atoms with E-state index in [4.69, 9.17) is 4.98 Å². The van der Waals surface area contributed by atoms with Crippen LogP contribution in [0.4, 0.5) is 0 Å². The molecular formula is C19H35N5. The maximum Gasteiger partial charge on any atom is 0.106 e. The standard InChI is InChI=1S/C19H35N5/c1-5-19-20-15(2)18(21-19)14-23-8-6-17(7-9-23)16(3)24-12-10-22(4)11-13-24/h16-17H,5-14H2,1-4H3,(H,20,21). The van der Waals surface area contributed by atoms with Crippen molar-refractivity contribution in [2.75, 3.05) is 46.3 Å². The molecule has 1 atom stereocenters. The third-order valence-electron chi connectivity index (χ3n) is 6.17. The molecule has 2 aliphatic rings. The van der Waals surface area contributed by atoms with E-state index >= 15 is 0 Å². The molecule has 136 valence electrons. The monoisotopic (exact) mass is 333 g/mol. The van der Waals surface area contributed by atoms with Gasteiger partial charge in [0.05, 0.1) is 5.69 Å². The Kier molecular flexibility index (Phi) is 5.95. The summed E-state index contributed by atoms with van der Waals surface area (Å²) < 4.78 is 0. The van der Waals surface area contributed by atoms with E-state index in [-0.39, 0.29) is 0 Å². The largest absolute Gasteiger partial charge is 0.346 e. The quantitative estimate of drug-likeness (QED) is 0.896. The van der Waals surface area contributed by atoms with Gasteiger partial charge in [-0.05, 0) is 52.7 Å². The van der Waals surface area contributed by atoms with Crippen LogP contribution >= 0.6 is 0 Å².